The molecule has 9 heteroatoms. The van der Waals surface area contributed by atoms with Crippen molar-refractivity contribution in [3.8, 4) is 5.75 Å². The molecule has 2 rings (SSSR count). The van der Waals surface area contributed by atoms with Gasteiger partial charge in [-0.1, -0.05) is 12.1 Å². The van der Waals surface area contributed by atoms with Crippen LogP contribution in [0.1, 0.15) is 11.5 Å². The molecule has 0 aliphatic carbocycles. The van der Waals surface area contributed by atoms with E-state index < -0.39 is 18.5 Å². The number of aliphatic carboxylic acids is 2. The van der Waals surface area contributed by atoms with E-state index >= 15 is 0 Å². The van der Waals surface area contributed by atoms with Crippen LogP contribution in [-0.4, -0.2) is 28.7 Å². The average molecular weight is 334 g/mol. The Hall–Kier alpha value is -2.81. The first kappa shape index (κ1) is 16.6. The van der Waals surface area contributed by atoms with Crippen molar-refractivity contribution in [1.82, 2.24) is 10.2 Å². The fourth-order valence-electron chi connectivity index (χ4n) is 1.53. The van der Waals surface area contributed by atoms with Crippen molar-refractivity contribution in [3.63, 3.8) is 0 Å². The second-order valence-electron chi connectivity index (χ2n) is 4.22. The van der Waals surface area contributed by atoms with Gasteiger partial charge in [0.2, 0.25) is 5.89 Å². The summed E-state index contributed by atoms with van der Waals surface area (Å²) in [5.74, 6) is -2.20. The Kier molecular flexibility index (Phi) is 5.36. The molecule has 1 aromatic carbocycles. The van der Waals surface area contributed by atoms with E-state index in [4.69, 9.17) is 9.15 Å². The van der Waals surface area contributed by atoms with E-state index in [2.05, 4.69) is 10.2 Å². The van der Waals surface area contributed by atoms with Crippen LogP contribution in [0.4, 0.5) is 0 Å². The highest BCUT2D eigenvalue weighted by molar-refractivity contribution is 8.03. The van der Waals surface area contributed by atoms with E-state index in [0.29, 0.717) is 11.5 Å². The number of carboxylic acid groups (broad SMARTS) is 2. The van der Waals surface area contributed by atoms with Crippen LogP contribution in [0.3, 0.4) is 0 Å². The number of nitrogens with zero attached hydrogens (tertiary/aromatic N) is 2. The lowest BCUT2D eigenvalue weighted by Gasteiger charge is -2.08. The molecule has 2 aromatic rings. The van der Waals surface area contributed by atoms with Crippen LogP contribution in [0.15, 0.2) is 38.8 Å². The molecule has 1 aromatic heterocycles. The quantitative estimate of drug-likeness (QED) is 0.481. The first-order chi connectivity index (χ1) is 10.9. The van der Waals surface area contributed by atoms with Crippen molar-refractivity contribution in [2.24, 2.45) is 0 Å². The number of thioether (sulfide) groups is 1. The summed E-state index contributed by atoms with van der Waals surface area (Å²) in [6.45, 7) is 0.980. The minimum absolute atomic E-state index is 0.0716. The molecule has 0 aliphatic heterocycles. The summed E-state index contributed by atoms with van der Waals surface area (Å²) in [6.07, 6.45) is 1.32. The van der Waals surface area contributed by atoms with Crippen molar-refractivity contribution in [2.45, 2.75) is 12.1 Å². The lowest BCUT2D eigenvalue weighted by Crippen LogP contribution is -2.28. The number of hydrogen-bond acceptors (Lipinski definition) is 9. The molecule has 0 N–H and O–H groups in total. The van der Waals surface area contributed by atoms with Crippen LogP contribution in [0.2, 0.25) is 0 Å². The number of aromatic nitrogens is 2. The number of hydrogen-bond donors (Lipinski definition) is 0. The van der Waals surface area contributed by atoms with Gasteiger partial charge in [-0.3, -0.25) is 0 Å². The van der Waals surface area contributed by atoms with Crippen molar-refractivity contribution in [1.29, 1.82) is 0 Å². The summed E-state index contributed by atoms with van der Waals surface area (Å²) in [5.41, 5.74) is 0.476. The van der Waals surface area contributed by atoms with Crippen molar-refractivity contribution in [2.75, 3.05) is 6.61 Å². The van der Waals surface area contributed by atoms with Gasteiger partial charge in [-0.25, -0.2) is 0 Å². The normalized spacial score (nSPS) is 11.3. The van der Waals surface area contributed by atoms with E-state index in [1.54, 1.807) is 19.1 Å². The number of ether oxygens (including phenoxy) is 1. The lowest BCUT2D eigenvalue weighted by molar-refractivity contribution is -0.307. The molecule has 0 aliphatic rings. The Labute approximate surface area is 134 Å². The third-order valence-electron chi connectivity index (χ3n) is 2.42. The number of carbonyl (C=O) groups is 2. The maximum absolute atomic E-state index is 11.2. The Morgan fingerprint density at radius 1 is 1.35 bits per heavy atom. The number of benzene rings is 1. The van der Waals surface area contributed by atoms with Gasteiger partial charge in [0.1, 0.15) is 12.4 Å². The van der Waals surface area contributed by atoms with Crippen LogP contribution < -0.4 is 14.9 Å². The third kappa shape index (κ3) is 5.15. The van der Waals surface area contributed by atoms with Crippen molar-refractivity contribution in [3.05, 3.63) is 40.6 Å². The molecule has 1 heterocycles. The standard InChI is InChI=1S/C14H12N2O6S/c1-8-15-16-14(22-8)23-11(13(19)20)6-9-3-2-4-10(5-9)21-7-12(17)18/h2-6H,7H2,1H3,(H,17,18)(H,19,20)/p-2/b11-6-. The number of aryl methyl sites for hydroxylation is 1. The Bertz CT molecular complexity index is 755. The van der Waals surface area contributed by atoms with E-state index in [0.717, 1.165) is 11.8 Å². The molecule has 0 atom stereocenters. The van der Waals surface area contributed by atoms with Crippen molar-refractivity contribution < 1.29 is 29.0 Å². The average Bonchev–Trinajstić information content (AvgIpc) is 2.90. The molecular weight excluding hydrogens is 324 g/mol. The Balaban J connectivity index is 2.19. The summed E-state index contributed by atoms with van der Waals surface area (Å²) in [7, 11) is 0. The molecular formula is C14H10N2O6S-2. The maximum atomic E-state index is 11.2. The molecule has 0 saturated heterocycles. The lowest BCUT2D eigenvalue weighted by atomic mass is 10.2. The summed E-state index contributed by atoms with van der Waals surface area (Å²) >= 11 is 0.750. The van der Waals surface area contributed by atoms with Crippen LogP contribution in [0.25, 0.3) is 6.08 Å². The molecule has 120 valence electrons. The summed E-state index contributed by atoms with van der Waals surface area (Å²) in [6, 6.07) is 6.22. The minimum atomic E-state index is -1.41. The molecule has 0 saturated carbocycles. The van der Waals surface area contributed by atoms with Gasteiger partial charge in [0.15, 0.2) is 0 Å². The summed E-state index contributed by atoms with van der Waals surface area (Å²) < 4.78 is 10.1. The zero-order chi connectivity index (χ0) is 16.8. The van der Waals surface area contributed by atoms with Gasteiger partial charge in [-0.05, 0) is 35.5 Å². The zero-order valence-corrected chi connectivity index (χ0v) is 12.7. The first-order valence-corrected chi connectivity index (χ1v) is 7.09. The predicted molar refractivity (Wildman–Crippen MR) is 74.8 cm³/mol. The molecule has 0 spiro atoms. The number of carboxylic acids is 2. The Morgan fingerprint density at radius 2 is 2.13 bits per heavy atom. The molecule has 0 unspecified atom stereocenters. The SMILES string of the molecule is Cc1nnc(S/C(=C\c2cccc(OCC(=O)[O-])c2)C(=O)[O-])o1. The van der Waals surface area contributed by atoms with E-state index in [1.807, 2.05) is 0 Å². The fourth-order valence-corrected chi connectivity index (χ4v) is 2.24. The number of rotatable bonds is 7. The molecule has 0 fully saturated rings. The van der Waals surface area contributed by atoms with Gasteiger partial charge < -0.3 is 29.0 Å². The molecule has 0 radical (unpaired) electrons. The van der Waals surface area contributed by atoms with Gasteiger partial charge in [0, 0.05) is 11.8 Å². The molecule has 0 bridgehead atoms. The van der Waals surface area contributed by atoms with Crippen LogP contribution in [0.5, 0.6) is 5.75 Å². The van der Waals surface area contributed by atoms with Crippen molar-refractivity contribution >= 4 is 29.8 Å². The largest absolute Gasteiger partial charge is 0.546 e. The Morgan fingerprint density at radius 3 is 2.74 bits per heavy atom. The molecule has 8 nitrogen and oxygen atoms in total. The van der Waals surface area contributed by atoms with E-state index in [-0.39, 0.29) is 15.9 Å². The first-order valence-electron chi connectivity index (χ1n) is 6.28. The predicted octanol–water partition coefficient (Wildman–Crippen LogP) is -0.610. The van der Waals surface area contributed by atoms with Gasteiger partial charge in [-0.15, -0.1) is 10.2 Å². The fraction of sp³-hybridized carbons (Fsp3) is 0.143. The van der Waals surface area contributed by atoms with E-state index in [1.165, 1.54) is 18.2 Å². The smallest absolute Gasteiger partial charge is 0.281 e. The highest BCUT2D eigenvalue weighted by atomic mass is 32.2. The zero-order valence-electron chi connectivity index (χ0n) is 11.8. The molecule has 23 heavy (non-hydrogen) atoms. The third-order valence-corrected chi connectivity index (χ3v) is 3.26. The van der Waals surface area contributed by atoms with E-state index in [9.17, 15) is 19.8 Å². The topological polar surface area (TPSA) is 128 Å². The van der Waals surface area contributed by atoms with Gasteiger partial charge in [0.25, 0.3) is 5.22 Å². The number of carbonyl (C=O) groups excluding carboxylic acids is 2. The van der Waals surface area contributed by atoms with Crippen LogP contribution >= 0.6 is 11.8 Å². The highest BCUT2D eigenvalue weighted by Crippen LogP contribution is 2.27. The van der Waals surface area contributed by atoms with Gasteiger partial charge in [-0.2, -0.15) is 0 Å². The monoisotopic (exact) mass is 334 g/mol. The van der Waals surface area contributed by atoms with Gasteiger partial charge >= 0.3 is 0 Å². The van der Waals surface area contributed by atoms with Crippen LogP contribution in [-0.2, 0) is 9.59 Å². The summed E-state index contributed by atoms with van der Waals surface area (Å²) in [4.78, 5) is 21.4. The second kappa shape index (κ2) is 7.45. The summed E-state index contributed by atoms with van der Waals surface area (Å²) in [5, 5.41) is 28.9. The van der Waals surface area contributed by atoms with Crippen LogP contribution in [0, 0.1) is 6.92 Å². The second-order valence-corrected chi connectivity index (χ2v) is 5.21. The maximum Gasteiger partial charge on any atom is 0.281 e. The molecule has 0 amide bonds. The highest BCUT2D eigenvalue weighted by Gasteiger charge is 2.09. The minimum Gasteiger partial charge on any atom is -0.546 e. The van der Waals surface area contributed by atoms with Gasteiger partial charge in [0.05, 0.1) is 11.9 Å².